The van der Waals surface area contributed by atoms with E-state index in [9.17, 15) is 4.79 Å². The minimum atomic E-state index is -0.0892. The number of thiophene rings is 1. The maximum atomic E-state index is 12.0. The van der Waals surface area contributed by atoms with Gasteiger partial charge in [-0.15, -0.1) is 11.3 Å². The Morgan fingerprint density at radius 1 is 1.42 bits per heavy atom. The molecule has 3 rings (SSSR count). The van der Waals surface area contributed by atoms with E-state index in [0.29, 0.717) is 27.8 Å². The number of fused-ring (bicyclic) bond motifs is 1. The molecule has 0 radical (unpaired) electrons. The fourth-order valence-corrected chi connectivity index (χ4v) is 4.12. The second kappa shape index (κ2) is 7.77. The maximum Gasteiger partial charge on any atom is 0.259 e. The van der Waals surface area contributed by atoms with Crippen molar-refractivity contribution < 1.29 is 0 Å². The standard InChI is InChI=1S/C16H14BrN3OS3/c1-9-6-12-14(21)19-13(20-15(12)24-9)8-23-16(22)18-7-10-2-4-11(17)5-3-10/h2-6H,7-8H2,1H3,(H,18,22)(H,19,20,21). The van der Waals surface area contributed by atoms with Crippen molar-refractivity contribution in [3.8, 4) is 0 Å². The van der Waals surface area contributed by atoms with Crippen molar-refractivity contribution in [3.63, 3.8) is 0 Å². The lowest BCUT2D eigenvalue weighted by molar-refractivity contribution is 0.938. The van der Waals surface area contributed by atoms with Gasteiger partial charge in [0.25, 0.3) is 5.56 Å². The van der Waals surface area contributed by atoms with Crippen molar-refractivity contribution in [2.24, 2.45) is 0 Å². The zero-order valence-corrected chi connectivity index (χ0v) is 16.8. The van der Waals surface area contributed by atoms with Gasteiger partial charge in [0, 0.05) is 15.9 Å². The quantitative estimate of drug-likeness (QED) is 0.591. The van der Waals surface area contributed by atoms with Crippen LogP contribution in [0.4, 0.5) is 0 Å². The highest BCUT2D eigenvalue weighted by atomic mass is 79.9. The first-order chi connectivity index (χ1) is 11.5. The van der Waals surface area contributed by atoms with Gasteiger partial charge in [-0.25, -0.2) is 4.98 Å². The average Bonchev–Trinajstić information content (AvgIpc) is 2.93. The van der Waals surface area contributed by atoms with Crippen molar-refractivity contribution in [1.82, 2.24) is 15.3 Å². The molecule has 2 N–H and O–H groups in total. The highest BCUT2D eigenvalue weighted by Crippen LogP contribution is 2.21. The summed E-state index contributed by atoms with van der Waals surface area (Å²) in [5, 5.41) is 3.86. The zero-order chi connectivity index (χ0) is 17.1. The SMILES string of the molecule is Cc1cc2c(=O)[nH]c(CSC(=S)NCc3ccc(Br)cc3)nc2s1. The maximum absolute atomic E-state index is 12.0. The van der Waals surface area contributed by atoms with Gasteiger partial charge in [-0.2, -0.15) is 0 Å². The number of aryl methyl sites for hydroxylation is 1. The highest BCUT2D eigenvalue weighted by molar-refractivity contribution is 9.10. The lowest BCUT2D eigenvalue weighted by Crippen LogP contribution is -2.18. The number of hydrogen-bond acceptors (Lipinski definition) is 5. The highest BCUT2D eigenvalue weighted by Gasteiger charge is 2.08. The number of rotatable bonds is 4. The summed E-state index contributed by atoms with van der Waals surface area (Å²) < 4.78 is 1.74. The Labute approximate surface area is 161 Å². The molecule has 0 fully saturated rings. The van der Waals surface area contributed by atoms with Crippen molar-refractivity contribution in [3.05, 3.63) is 61.4 Å². The van der Waals surface area contributed by atoms with Gasteiger partial charge in [0.2, 0.25) is 0 Å². The molecule has 0 saturated heterocycles. The van der Waals surface area contributed by atoms with Crippen molar-refractivity contribution in [2.45, 2.75) is 19.2 Å². The van der Waals surface area contributed by atoms with E-state index in [-0.39, 0.29) is 5.56 Å². The molecule has 0 bridgehead atoms. The molecule has 3 aromatic rings. The molecule has 0 spiro atoms. The molecule has 8 heteroatoms. The second-order valence-electron chi connectivity index (χ2n) is 5.14. The van der Waals surface area contributed by atoms with Crippen molar-refractivity contribution >= 4 is 65.8 Å². The Balaban J connectivity index is 1.58. The average molecular weight is 440 g/mol. The lowest BCUT2D eigenvalue weighted by Gasteiger charge is -2.07. The number of nitrogens with zero attached hydrogens (tertiary/aromatic N) is 1. The molecule has 1 aromatic carbocycles. The third kappa shape index (κ3) is 4.44. The summed E-state index contributed by atoms with van der Waals surface area (Å²) in [5.74, 6) is 1.18. The number of benzene rings is 1. The first-order valence-electron chi connectivity index (χ1n) is 7.15. The van der Waals surface area contributed by atoms with Crippen LogP contribution in [0.25, 0.3) is 10.2 Å². The van der Waals surface area contributed by atoms with Gasteiger partial charge in [0.05, 0.1) is 11.1 Å². The minimum absolute atomic E-state index is 0.0892. The van der Waals surface area contributed by atoms with Gasteiger partial charge in [-0.3, -0.25) is 4.79 Å². The molecule has 24 heavy (non-hydrogen) atoms. The van der Waals surface area contributed by atoms with Gasteiger partial charge in [-0.1, -0.05) is 52.0 Å². The van der Waals surface area contributed by atoms with Crippen LogP contribution in [0.2, 0.25) is 0 Å². The van der Waals surface area contributed by atoms with Crippen molar-refractivity contribution in [2.75, 3.05) is 0 Å². The molecule has 0 amide bonds. The molecule has 0 unspecified atom stereocenters. The summed E-state index contributed by atoms with van der Waals surface area (Å²) >= 11 is 11.7. The van der Waals surface area contributed by atoms with Gasteiger partial charge >= 0.3 is 0 Å². The normalized spacial score (nSPS) is 10.9. The molecule has 0 aliphatic heterocycles. The predicted octanol–water partition coefficient (Wildman–Crippen LogP) is 4.36. The number of hydrogen-bond donors (Lipinski definition) is 2. The van der Waals surface area contributed by atoms with Crippen LogP contribution in [-0.4, -0.2) is 14.3 Å². The third-order valence-electron chi connectivity index (χ3n) is 3.26. The number of halogens is 1. The Hall–Kier alpha value is -1.22. The van der Waals surface area contributed by atoms with Crippen LogP contribution < -0.4 is 10.9 Å². The summed E-state index contributed by atoms with van der Waals surface area (Å²) in [5.41, 5.74) is 1.07. The molecular formula is C16H14BrN3OS3. The van der Waals surface area contributed by atoms with E-state index in [4.69, 9.17) is 12.2 Å². The second-order valence-corrected chi connectivity index (χ2v) is 8.95. The first kappa shape index (κ1) is 17.6. The van der Waals surface area contributed by atoms with E-state index < -0.39 is 0 Å². The van der Waals surface area contributed by atoms with Crippen LogP contribution in [0.3, 0.4) is 0 Å². The van der Waals surface area contributed by atoms with Gasteiger partial charge in [-0.05, 0) is 30.7 Å². The molecular weight excluding hydrogens is 426 g/mol. The van der Waals surface area contributed by atoms with Crippen LogP contribution in [-0.2, 0) is 12.3 Å². The minimum Gasteiger partial charge on any atom is -0.367 e. The molecule has 0 atom stereocenters. The number of nitrogens with one attached hydrogen (secondary N) is 2. The zero-order valence-electron chi connectivity index (χ0n) is 12.8. The van der Waals surface area contributed by atoms with Crippen LogP contribution in [0.1, 0.15) is 16.3 Å². The molecule has 2 heterocycles. The number of thioether (sulfide) groups is 1. The van der Waals surface area contributed by atoms with Gasteiger partial charge < -0.3 is 10.3 Å². The number of H-pyrrole nitrogens is 1. The van der Waals surface area contributed by atoms with Gasteiger partial charge in [0.15, 0.2) is 0 Å². The molecule has 0 aliphatic rings. The summed E-state index contributed by atoms with van der Waals surface area (Å²) in [4.78, 5) is 21.2. The van der Waals surface area contributed by atoms with E-state index in [1.165, 1.54) is 23.1 Å². The van der Waals surface area contributed by atoms with E-state index >= 15 is 0 Å². The van der Waals surface area contributed by atoms with Crippen LogP contribution in [0.5, 0.6) is 0 Å². The molecule has 124 valence electrons. The predicted molar refractivity (Wildman–Crippen MR) is 110 cm³/mol. The van der Waals surface area contributed by atoms with Crippen LogP contribution in [0, 0.1) is 6.92 Å². The van der Waals surface area contributed by atoms with Crippen molar-refractivity contribution in [1.29, 1.82) is 0 Å². The Morgan fingerprint density at radius 2 is 2.17 bits per heavy atom. The Kier molecular flexibility index (Phi) is 5.70. The topological polar surface area (TPSA) is 57.8 Å². The molecule has 2 aromatic heterocycles. The Morgan fingerprint density at radius 3 is 2.92 bits per heavy atom. The smallest absolute Gasteiger partial charge is 0.259 e. The third-order valence-corrected chi connectivity index (χ3v) is 6.06. The monoisotopic (exact) mass is 439 g/mol. The first-order valence-corrected chi connectivity index (χ1v) is 10.2. The molecule has 4 nitrogen and oxygen atoms in total. The fraction of sp³-hybridized carbons (Fsp3) is 0.188. The number of aromatic amines is 1. The largest absolute Gasteiger partial charge is 0.367 e. The molecule has 0 aliphatic carbocycles. The van der Waals surface area contributed by atoms with Crippen LogP contribution >= 0.6 is 51.2 Å². The van der Waals surface area contributed by atoms with Gasteiger partial charge in [0.1, 0.15) is 15.0 Å². The van der Waals surface area contributed by atoms with E-state index in [1.54, 1.807) is 0 Å². The fourth-order valence-electron chi connectivity index (χ4n) is 2.13. The Bertz CT molecular complexity index is 934. The number of aromatic nitrogens is 2. The summed E-state index contributed by atoms with van der Waals surface area (Å²) in [6.07, 6.45) is 0. The van der Waals surface area contributed by atoms with Crippen LogP contribution in [0.15, 0.2) is 39.6 Å². The number of thiocarbonyl (C=S) groups is 1. The summed E-state index contributed by atoms with van der Waals surface area (Å²) in [7, 11) is 0. The lowest BCUT2D eigenvalue weighted by atomic mass is 10.2. The molecule has 0 saturated carbocycles. The summed E-state index contributed by atoms with van der Waals surface area (Å²) in [6.45, 7) is 2.65. The van der Waals surface area contributed by atoms with E-state index in [0.717, 1.165) is 19.7 Å². The van der Waals surface area contributed by atoms with E-state index in [1.807, 2.05) is 37.3 Å². The van der Waals surface area contributed by atoms with E-state index in [2.05, 4.69) is 31.2 Å². The summed E-state index contributed by atoms with van der Waals surface area (Å²) in [6, 6.07) is 9.94.